The minimum atomic E-state index is -3.76. The number of morpholine rings is 1. The van der Waals surface area contributed by atoms with Gasteiger partial charge in [0.05, 0.1) is 39.4 Å². The van der Waals surface area contributed by atoms with Gasteiger partial charge in [0.15, 0.2) is 6.61 Å². The largest absolute Gasteiger partial charge is 0.452 e. The van der Waals surface area contributed by atoms with E-state index in [1.165, 1.54) is 28.6 Å². The average Bonchev–Trinajstić information content (AvgIpc) is 2.75. The molecule has 2 aromatic rings. The smallest absolute Gasteiger partial charge is 0.338 e. The number of nitrogens with zero attached hydrogens (tertiary/aromatic N) is 1. The molecule has 1 aliphatic heterocycles. The van der Waals surface area contributed by atoms with Crippen LogP contribution in [0.25, 0.3) is 0 Å². The van der Waals surface area contributed by atoms with Gasteiger partial charge in [-0.1, -0.05) is 35.3 Å². The molecule has 1 fully saturated rings. The minimum Gasteiger partial charge on any atom is -0.452 e. The summed E-state index contributed by atoms with van der Waals surface area (Å²) in [5.41, 5.74) is 0.216. The maximum absolute atomic E-state index is 12.7. The van der Waals surface area contributed by atoms with E-state index in [0.29, 0.717) is 13.2 Å². The molecule has 3 rings (SSSR count). The van der Waals surface area contributed by atoms with Crippen molar-refractivity contribution >= 4 is 50.8 Å². The molecule has 0 saturated carbocycles. The average molecular weight is 473 g/mol. The van der Waals surface area contributed by atoms with Crippen molar-refractivity contribution in [1.82, 2.24) is 4.31 Å². The fourth-order valence-electron chi connectivity index (χ4n) is 2.73. The van der Waals surface area contributed by atoms with Crippen molar-refractivity contribution in [3.63, 3.8) is 0 Å². The van der Waals surface area contributed by atoms with Crippen molar-refractivity contribution in [2.75, 3.05) is 38.2 Å². The van der Waals surface area contributed by atoms with Crippen LogP contribution in [0, 0.1) is 0 Å². The number of anilines is 1. The van der Waals surface area contributed by atoms with E-state index in [1.54, 1.807) is 18.2 Å². The van der Waals surface area contributed by atoms with Gasteiger partial charge in [0.1, 0.15) is 0 Å². The highest BCUT2D eigenvalue weighted by Crippen LogP contribution is 2.29. The number of sulfonamides is 1. The summed E-state index contributed by atoms with van der Waals surface area (Å²) in [6.45, 7) is 0.501. The molecule has 1 saturated heterocycles. The third kappa shape index (κ3) is 5.30. The summed E-state index contributed by atoms with van der Waals surface area (Å²) in [6.07, 6.45) is 0. The summed E-state index contributed by atoms with van der Waals surface area (Å²) < 4.78 is 36.9. The highest BCUT2D eigenvalue weighted by Gasteiger charge is 2.27. The molecule has 0 aromatic heterocycles. The number of para-hydroxylation sites is 1. The second-order valence-electron chi connectivity index (χ2n) is 6.27. The van der Waals surface area contributed by atoms with Crippen LogP contribution in [-0.2, 0) is 24.3 Å². The Kier molecular flexibility index (Phi) is 7.32. The molecule has 0 radical (unpaired) electrons. The van der Waals surface area contributed by atoms with Gasteiger partial charge in [0.25, 0.3) is 5.91 Å². The number of hydrogen-bond donors (Lipinski definition) is 1. The first-order chi connectivity index (χ1) is 14.3. The molecule has 0 bridgehead atoms. The Hall–Kier alpha value is -2.17. The van der Waals surface area contributed by atoms with Crippen molar-refractivity contribution in [2.45, 2.75) is 4.90 Å². The summed E-state index contributed by atoms with van der Waals surface area (Å²) in [5, 5.41) is 2.95. The van der Waals surface area contributed by atoms with Gasteiger partial charge >= 0.3 is 5.97 Å². The van der Waals surface area contributed by atoms with Crippen LogP contribution in [0.15, 0.2) is 47.4 Å². The van der Waals surface area contributed by atoms with Gasteiger partial charge in [-0.05, 0) is 30.3 Å². The summed E-state index contributed by atoms with van der Waals surface area (Å²) in [4.78, 5) is 24.3. The molecule has 2 aromatic carbocycles. The molecule has 1 aliphatic rings. The number of nitrogens with one attached hydrogen (secondary N) is 1. The first-order valence-electron chi connectivity index (χ1n) is 8.88. The van der Waals surface area contributed by atoms with Crippen molar-refractivity contribution < 1.29 is 27.5 Å². The molecule has 1 N–H and O–H groups in total. The minimum absolute atomic E-state index is 0.00732. The van der Waals surface area contributed by atoms with Crippen LogP contribution in [0.4, 0.5) is 5.69 Å². The van der Waals surface area contributed by atoms with Gasteiger partial charge in [-0.2, -0.15) is 4.31 Å². The molecule has 11 heteroatoms. The molecular weight excluding hydrogens is 455 g/mol. The zero-order valence-electron chi connectivity index (χ0n) is 15.6. The number of halogens is 2. The Morgan fingerprint density at radius 2 is 1.70 bits per heavy atom. The number of rotatable bonds is 6. The zero-order valence-corrected chi connectivity index (χ0v) is 18.0. The fourth-order valence-corrected chi connectivity index (χ4v) is 4.67. The molecule has 0 unspecified atom stereocenters. The van der Waals surface area contributed by atoms with Gasteiger partial charge in [-0.3, -0.25) is 4.79 Å². The second kappa shape index (κ2) is 9.76. The van der Waals surface area contributed by atoms with Gasteiger partial charge < -0.3 is 14.8 Å². The van der Waals surface area contributed by atoms with Crippen LogP contribution < -0.4 is 5.32 Å². The van der Waals surface area contributed by atoms with Crippen molar-refractivity contribution in [1.29, 1.82) is 0 Å². The van der Waals surface area contributed by atoms with Gasteiger partial charge in [0, 0.05) is 13.1 Å². The molecule has 30 heavy (non-hydrogen) atoms. The van der Waals surface area contributed by atoms with Gasteiger partial charge in [0.2, 0.25) is 10.0 Å². The van der Waals surface area contributed by atoms with Crippen LogP contribution in [0.1, 0.15) is 10.4 Å². The van der Waals surface area contributed by atoms with Crippen molar-refractivity contribution in [3.05, 3.63) is 58.1 Å². The first kappa shape index (κ1) is 22.5. The van der Waals surface area contributed by atoms with Crippen LogP contribution in [0.2, 0.25) is 10.0 Å². The Balaban J connectivity index is 1.64. The van der Waals surface area contributed by atoms with E-state index < -0.39 is 28.5 Å². The molecule has 8 nitrogen and oxygen atoms in total. The second-order valence-corrected chi connectivity index (χ2v) is 9.02. The highest BCUT2D eigenvalue weighted by atomic mass is 35.5. The van der Waals surface area contributed by atoms with Crippen LogP contribution in [-0.4, -0.2) is 57.5 Å². The quantitative estimate of drug-likeness (QED) is 0.648. The molecule has 1 amide bonds. The van der Waals surface area contributed by atoms with E-state index in [1.807, 2.05) is 0 Å². The number of carbonyl (C=O) groups excluding carboxylic acids is 2. The van der Waals surface area contributed by atoms with E-state index in [0.717, 1.165) is 0 Å². The lowest BCUT2D eigenvalue weighted by Gasteiger charge is -2.26. The Morgan fingerprint density at radius 3 is 2.37 bits per heavy atom. The fraction of sp³-hybridized carbons (Fsp3) is 0.263. The Bertz CT molecular complexity index is 1030. The van der Waals surface area contributed by atoms with Gasteiger partial charge in [-0.25, -0.2) is 13.2 Å². The number of amides is 1. The lowest BCUT2D eigenvalue weighted by Crippen LogP contribution is -2.40. The monoisotopic (exact) mass is 472 g/mol. The van der Waals surface area contributed by atoms with Crippen LogP contribution in [0.3, 0.4) is 0 Å². The maximum Gasteiger partial charge on any atom is 0.338 e. The van der Waals surface area contributed by atoms with E-state index in [2.05, 4.69) is 5.32 Å². The summed E-state index contributed by atoms with van der Waals surface area (Å²) in [7, 11) is -3.76. The number of carbonyl (C=O) groups is 2. The lowest BCUT2D eigenvalue weighted by molar-refractivity contribution is -0.119. The summed E-state index contributed by atoms with van der Waals surface area (Å²) in [5.74, 6) is -1.48. The van der Waals surface area contributed by atoms with Crippen molar-refractivity contribution in [2.24, 2.45) is 0 Å². The Morgan fingerprint density at radius 1 is 1.07 bits per heavy atom. The van der Waals surface area contributed by atoms with E-state index in [4.69, 9.17) is 32.7 Å². The predicted molar refractivity (Wildman–Crippen MR) is 111 cm³/mol. The molecule has 0 spiro atoms. The van der Waals surface area contributed by atoms with Gasteiger partial charge in [-0.15, -0.1) is 0 Å². The molecule has 1 heterocycles. The van der Waals surface area contributed by atoms with E-state index >= 15 is 0 Å². The number of hydrogen-bond acceptors (Lipinski definition) is 6. The van der Waals surface area contributed by atoms with E-state index in [-0.39, 0.29) is 39.3 Å². The molecule has 0 aliphatic carbocycles. The SMILES string of the molecule is O=C(COC(=O)c1cccc(S(=O)(=O)N2CCOCC2)c1)Nc1c(Cl)cccc1Cl. The maximum atomic E-state index is 12.7. The lowest BCUT2D eigenvalue weighted by atomic mass is 10.2. The number of esters is 1. The Labute approximate surface area is 183 Å². The standard InChI is InChI=1S/C19H18Cl2N2O6S/c20-15-5-2-6-16(21)18(15)22-17(24)12-29-19(25)13-3-1-4-14(11-13)30(26,27)23-7-9-28-10-8-23/h1-6,11H,7-10,12H2,(H,22,24). The topological polar surface area (TPSA) is 102 Å². The predicted octanol–water partition coefficient (Wildman–Crippen LogP) is 2.81. The van der Waals surface area contributed by atoms with Crippen molar-refractivity contribution in [3.8, 4) is 0 Å². The molecule has 160 valence electrons. The first-order valence-corrected chi connectivity index (χ1v) is 11.1. The number of benzene rings is 2. The van der Waals surface area contributed by atoms with E-state index in [9.17, 15) is 18.0 Å². The zero-order chi connectivity index (χ0) is 21.7. The molecule has 0 atom stereocenters. The van der Waals surface area contributed by atoms with Crippen LogP contribution in [0.5, 0.6) is 0 Å². The number of ether oxygens (including phenoxy) is 2. The third-order valence-corrected chi connectivity index (χ3v) is 6.76. The highest BCUT2D eigenvalue weighted by molar-refractivity contribution is 7.89. The summed E-state index contributed by atoms with van der Waals surface area (Å²) >= 11 is 12.0. The third-order valence-electron chi connectivity index (χ3n) is 4.24. The van der Waals surface area contributed by atoms with Crippen LogP contribution >= 0.6 is 23.2 Å². The molecular formula is C19H18Cl2N2O6S. The normalized spacial score (nSPS) is 14.9. The summed E-state index contributed by atoms with van der Waals surface area (Å²) in [6, 6.07) is 10.2.